The van der Waals surface area contributed by atoms with Crippen LogP contribution < -0.4 is 4.74 Å². The number of ketones is 2. The Labute approximate surface area is 228 Å². The topological polar surface area (TPSA) is 121 Å². The zero-order chi connectivity index (χ0) is 28.8. The molecule has 3 fully saturated rings. The zero-order valence-electron chi connectivity index (χ0n) is 23.0. The van der Waals surface area contributed by atoms with E-state index in [2.05, 4.69) is 0 Å². The van der Waals surface area contributed by atoms with Crippen LogP contribution in [0.4, 0.5) is 4.39 Å². The second kappa shape index (κ2) is 10.4. The number of aliphatic hydroxyl groups excluding tert-OH is 2. The van der Waals surface area contributed by atoms with Gasteiger partial charge in [-0.3, -0.25) is 14.4 Å². The molecule has 0 bridgehead atoms. The van der Waals surface area contributed by atoms with Gasteiger partial charge >= 0.3 is 5.97 Å². The lowest BCUT2D eigenvalue weighted by Gasteiger charge is -2.62. The number of benzene rings is 1. The van der Waals surface area contributed by atoms with E-state index in [0.29, 0.717) is 37.0 Å². The number of hydrogen-bond donors (Lipinski definition) is 3. The molecule has 0 radical (unpaired) electrons. The normalized spacial score (nSPS) is 40.3. The van der Waals surface area contributed by atoms with Gasteiger partial charge in [-0.25, -0.2) is 4.39 Å². The Hall–Kier alpha value is -2.68. The Bertz CT molecular complexity index is 1190. The number of carbonyl (C=O) groups excluding carboxylic acids is 3. The molecule has 39 heavy (non-hydrogen) atoms. The van der Waals surface area contributed by atoms with Crippen LogP contribution in [0.25, 0.3) is 0 Å². The van der Waals surface area contributed by atoms with E-state index in [4.69, 9.17) is 4.74 Å². The van der Waals surface area contributed by atoms with Gasteiger partial charge in [-0.15, -0.1) is 0 Å². The van der Waals surface area contributed by atoms with Crippen LogP contribution in [0.5, 0.6) is 5.75 Å². The molecule has 4 aliphatic rings. The average molecular weight is 543 g/mol. The fraction of sp³-hybridized carbons (Fsp3) is 0.581. The number of hydrogen-bond acceptors (Lipinski definition) is 7. The summed E-state index contributed by atoms with van der Waals surface area (Å²) in [6, 6.07) is 9.06. The molecule has 3 N–H and O–H groups in total. The van der Waals surface area contributed by atoms with Crippen molar-refractivity contribution in [2.45, 2.75) is 77.2 Å². The summed E-state index contributed by atoms with van der Waals surface area (Å²) < 4.78 is 21.8. The van der Waals surface area contributed by atoms with Crippen molar-refractivity contribution in [3.63, 3.8) is 0 Å². The fourth-order valence-electron chi connectivity index (χ4n) is 7.95. The van der Waals surface area contributed by atoms with Gasteiger partial charge in [-0.2, -0.15) is 0 Å². The van der Waals surface area contributed by atoms with Gasteiger partial charge in [0.15, 0.2) is 17.2 Å². The van der Waals surface area contributed by atoms with Crippen LogP contribution in [0.3, 0.4) is 0 Å². The molecule has 0 unspecified atom stereocenters. The first-order chi connectivity index (χ1) is 18.3. The van der Waals surface area contributed by atoms with Gasteiger partial charge in [-0.1, -0.05) is 50.6 Å². The smallest absolute Gasteiger partial charge is 0.310 e. The first-order valence-corrected chi connectivity index (χ1v) is 13.7. The Morgan fingerprint density at radius 2 is 1.82 bits per heavy atom. The third-order valence-corrected chi connectivity index (χ3v) is 10.1. The van der Waals surface area contributed by atoms with Gasteiger partial charge in [0.1, 0.15) is 18.0 Å². The second-order valence-corrected chi connectivity index (χ2v) is 11.9. The third-order valence-electron chi connectivity index (χ3n) is 10.1. The van der Waals surface area contributed by atoms with Crippen LogP contribution in [0.2, 0.25) is 0 Å². The number of ether oxygens (including phenoxy) is 1. The summed E-state index contributed by atoms with van der Waals surface area (Å²) in [5.74, 6) is -1.71. The molecule has 4 aliphatic carbocycles. The summed E-state index contributed by atoms with van der Waals surface area (Å²) in [6.45, 7) is 6.25. The molecule has 5 rings (SSSR count). The summed E-state index contributed by atoms with van der Waals surface area (Å²) in [5, 5.41) is 32.0. The van der Waals surface area contributed by atoms with Crippen molar-refractivity contribution in [2.24, 2.45) is 28.6 Å². The number of alkyl halides is 1. The van der Waals surface area contributed by atoms with Crippen LogP contribution in [-0.4, -0.2) is 56.8 Å². The number of aliphatic hydroxyl groups is 3. The number of Topliss-reactive ketones (excluding diaryl/α,β-unsaturated/α-hetero) is 1. The second-order valence-electron chi connectivity index (χ2n) is 11.9. The molecule has 0 amide bonds. The van der Waals surface area contributed by atoms with Gasteiger partial charge < -0.3 is 20.1 Å². The molecule has 8 heteroatoms. The molecule has 212 valence electrons. The Morgan fingerprint density at radius 1 is 1.15 bits per heavy atom. The predicted molar refractivity (Wildman–Crippen MR) is 142 cm³/mol. The first kappa shape index (κ1) is 29.3. The highest BCUT2D eigenvalue weighted by Crippen LogP contribution is 2.70. The van der Waals surface area contributed by atoms with E-state index in [1.54, 1.807) is 45.9 Å². The molecular weight excluding hydrogens is 503 g/mol. The van der Waals surface area contributed by atoms with Gasteiger partial charge in [-0.05, 0) is 68.7 Å². The van der Waals surface area contributed by atoms with Crippen molar-refractivity contribution in [3.05, 3.63) is 54.1 Å². The van der Waals surface area contributed by atoms with E-state index in [0.717, 1.165) is 0 Å². The minimum Gasteiger partial charge on any atom is -0.427 e. The van der Waals surface area contributed by atoms with E-state index in [1.165, 1.54) is 12.2 Å². The van der Waals surface area contributed by atoms with E-state index in [9.17, 15) is 29.7 Å². The number of para-hydroxylation sites is 1. The van der Waals surface area contributed by atoms with Crippen molar-refractivity contribution >= 4 is 17.5 Å². The molecule has 8 atom stereocenters. The zero-order valence-corrected chi connectivity index (χ0v) is 23.0. The largest absolute Gasteiger partial charge is 0.427 e. The number of allylic oxidation sites excluding steroid dienone is 4. The summed E-state index contributed by atoms with van der Waals surface area (Å²) >= 11 is 0. The maximum absolute atomic E-state index is 16.9. The molecule has 7 nitrogen and oxygen atoms in total. The summed E-state index contributed by atoms with van der Waals surface area (Å²) in [7, 11) is 0. The minimum atomic E-state index is -1.98. The molecule has 3 saturated carbocycles. The van der Waals surface area contributed by atoms with Gasteiger partial charge in [0.25, 0.3) is 0 Å². The molecule has 1 aromatic rings. The summed E-state index contributed by atoms with van der Waals surface area (Å²) in [6.07, 6.45) is 4.85. The van der Waals surface area contributed by atoms with Crippen LogP contribution >= 0.6 is 0 Å². The lowest BCUT2D eigenvalue weighted by Crippen LogP contribution is -2.69. The standard InChI is InChI=1S/C22H29FO5.C9H10O2/c1-12-8-16-15-5-4-13-9-14(25)6-7-19(13,2)21(15,23)17(26)10-20(16,3)22(12,28)18(27)11-24;1-2-9(10)11-8-6-4-3-5-7-8/h6-7,9,12,15-17,24,26,28H,4-5,8,10-11H2,1-3H3;3-7H,2H2,1H3/t12-,15+,16+,17+,19+,20+,21+,22+;/m1./s1. The lowest BCUT2D eigenvalue weighted by atomic mass is 9.44. The Kier molecular flexibility index (Phi) is 7.80. The van der Waals surface area contributed by atoms with Crippen molar-refractivity contribution in [3.8, 4) is 5.75 Å². The molecular formula is C31H39FO7. The van der Waals surface area contributed by atoms with Gasteiger partial charge in [0, 0.05) is 23.2 Å². The first-order valence-electron chi connectivity index (χ1n) is 13.7. The minimum absolute atomic E-state index is 0.0676. The lowest BCUT2D eigenvalue weighted by molar-refractivity contribution is -0.219. The monoisotopic (exact) mass is 542 g/mol. The number of halogens is 1. The number of esters is 1. The highest BCUT2D eigenvalue weighted by atomic mass is 19.1. The number of carbonyl (C=O) groups is 3. The van der Waals surface area contributed by atoms with Crippen LogP contribution in [0.1, 0.15) is 59.8 Å². The van der Waals surface area contributed by atoms with Crippen molar-refractivity contribution in [1.29, 1.82) is 0 Å². The summed E-state index contributed by atoms with van der Waals surface area (Å²) in [5.41, 5.74) is -5.17. The van der Waals surface area contributed by atoms with Crippen LogP contribution in [0, 0.1) is 28.6 Å². The van der Waals surface area contributed by atoms with Crippen molar-refractivity contribution in [2.75, 3.05) is 6.61 Å². The van der Waals surface area contributed by atoms with Crippen LogP contribution in [-0.2, 0) is 14.4 Å². The SMILES string of the molecule is CCC(=O)Oc1ccccc1.C[C@@H]1C[C@H]2[C@@H]3CCC4=CC(=O)C=C[C@]4(C)[C@@]3(F)[C@@H](O)C[C@]2(C)[C@@]1(O)C(=O)CO. The Balaban J connectivity index is 0.000000270. The molecule has 1 aromatic carbocycles. The Morgan fingerprint density at radius 3 is 2.44 bits per heavy atom. The molecule has 0 heterocycles. The van der Waals surface area contributed by atoms with Crippen molar-refractivity contribution in [1.82, 2.24) is 0 Å². The van der Waals surface area contributed by atoms with Gasteiger partial charge in [0.05, 0.1) is 6.10 Å². The van der Waals surface area contributed by atoms with E-state index in [1.807, 2.05) is 18.2 Å². The number of rotatable bonds is 4. The fourth-order valence-corrected chi connectivity index (χ4v) is 7.95. The highest BCUT2D eigenvalue weighted by molar-refractivity contribution is 6.01. The average Bonchev–Trinajstić information content (AvgIpc) is 3.11. The molecule has 0 aliphatic heterocycles. The van der Waals surface area contributed by atoms with E-state index in [-0.39, 0.29) is 24.1 Å². The quantitative estimate of drug-likeness (QED) is 0.390. The van der Waals surface area contributed by atoms with Gasteiger partial charge in [0.2, 0.25) is 0 Å². The molecule has 0 saturated heterocycles. The van der Waals surface area contributed by atoms with E-state index < -0.39 is 52.4 Å². The van der Waals surface area contributed by atoms with Crippen molar-refractivity contribution < 1.29 is 38.8 Å². The number of fused-ring (bicyclic) bond motifs is 5. The predicted octanol–water partition coefficient (Wildman–Crippen LogP) is 3.90. The molecule has 0 spiro atoms. The highest BCUT2D eigenvalue weighted by Gasteiger charge is 2.75. The molecule has 0 aromatic heterocycles. The maximum Gasteiger partial charge on any atom is 0.310 e. The van der Waals surface area contributed by atoms with E-state index >= 15 is 4.39 Å². The maximum atomic E-state index is 16.9. The summed E-state index contributed by atoms with van der Waals surface area (Å²) in [4.78, 5) is 35.1. The third kappa shape index (κ3) is 4.32. The van der Waals surface area contributed by atoms with Crippen LogP contribution in [0.15, 0.2) is 54.1 Å².